The summed E-state index contributed by atoms with van der Waals surface area (Å²) in [5.74, 6) is 1.09. The zero-order valence-corrected chi connectivity index (χ0v) is 8.87. The van der Waals surface area contributed by atoms with Gasteiger partial charge in [0.1, 0.15) is 5.76 Å². The normalized spacial score (nSPS) is 9.42. The first-order valence-electron chi connectivity index (χ1n) is 4.16. The quantitative estimate of drug-likeness (QED) is 0.795. The number of hydrogen-bond donors (Lipinski definition) is 1. The van der Waals surface area contributed by atoms with Crippen LogP contribution in [0.3, 0.4) is 0 Å². The molecule has 0 saturated heterocycles. The fraction of sp³-hybridized carbons (Fsp3) is 0.556. The predicted octanol–water partition coefficient (Wildman–Crippen LogP) is 2.53. The van der Waals surface area contributed by atoms with E-state index >= 15 is 0 Å². The molecular weight excluding hydrogens is 218 g/mol. The molecule has 1 aromatic heterocycles. The SMILES string of the molecule is Br.NCCCCCc1ccco1. The molecule has 0 fully saturated rings. The van der Waals surface area contributed by atoms with Crippen LogP contribution in [0.5, 0.6) is 0 Å². The third-order valence-corrected chi connectivity index (χ3v) is 1.71. The summed E-state index contributed by atoms with van der Waals surface area (Å²) in [7, 11) is 0. The lowest BCUT2D eigenvalue weighted by atomic mass is 10.1. The molecule has 3 heteroatoms. The minimum atomic E-state index is 0. The third kappa shape index (κ3) is 4.57. The zero-order valence-electron chi connectivity index (χ0n) is 7.16. The molecule has 0 saturated carbocycles. The van der Waals surface area contributed by atoms with Crippen LogP contribution in [0.4, 0.5) is 0 Å². The van der Waals surface area contributed by atoms with Crippen molar-refractivity contribution in [2.45, 2.75) is 25.7 Å². The van der Waals surface area contributed by atoms with Crippen LogP contribution in [0.2, 0.25) is 0 Å². The van der Waals surface area contributed by atoms with Crippen molar-refractivity contribution < 1.29 is 4.42 Å². The average Bonchev–Trinajstić information content (AvgIpc) is 2.50. The van der Waals surface area contributed by atoms with E-state index in [0.29, 0.717) is 0 Å². The van der Waals surface area contributed by atoms with Crippen molar-refractivity contribution in [3.05, 3.63) is 24.2 Å². The van der Waals surface area contributed by atoms with E-state index in [9.17, 15) is 0 Å². The molecule has 2 nitrogen and oxygen atoms in total. The summed E-state index contributed by atoms with van der Waals surface area (Å²) in [6, 6.07) is 3.95. The molecule has 1 heterocycles. The summed E-state index contributed by atoms with van der Waals surface area (Å²) >= 11 is 0. The lowest BCUT2D eigenvalue weighted by Crippen LogP contribution is -1.97. The van der Waals surface area contributed by atoms with Gasteiger partial charge in [0.2, 0.25) is 0 Å². The van der Waals surface area contributed by atoms with Crippen molar-refractivity contribution in [2.75, 3.05) is 6.54 Å². The molecule has 0 amide bonds. The Morgan fingerprint density at radius 2 is 2.08 bits per heavy atom. The molecule has 12 heavy (non-hydrogen) atoms. The maximum Gasteiger partial charge on any atom is 0.103 e. The largest absolute Gasteiger partial charge is 0.469 e. The first-order valence-corrected chi connectivity index (χ1v) is 4.16. The van der Waals surface area contributed by atoms with Crippen molar-refractivity contribution in [3.63, 3.8) is 0 Å². The van der Waals surface area contributed by atoms with Gasteiger partial charge in [-0.2, -0.15) is 0 Å². The number of aryl methyl sites for hydroxylation is 1. The molecule has 0 aliphatic heterocycles. The van der Waals surface area contributed by atoms with Gasteiger partial charge in [0.15, 0.2) is 0 Å². The Bertz CT molecular complexity index is 175. The van der Waals surface area contributed by atoms with E-state index in [4.69, 9.17) is 10.2 Å². The molecule has 2 N–H and O–H groups in total. The predicted molar refractivity (Wildman–Crippen MR) is 55.6 cm³/mol. The maximum absolute atomic E-state index is 5.36. The van der Waals surface area contributed by atoms with Gasteiger partial charge in [-0.15, -0.1) is 17.0 Å². The Kier molecular flexibility index (Phi) is 7.20. The molecule has 1 aromatic rings. The second kappa shape index (κ2) is 7.37. The first kappa shape index (κ1) is 11.7. The van der Waals surface area contributed by atoms with Crippen LogP contribution in [0.15, 0.2) is 22.8 Å². The van der Waals surface area contributed by atoms with E-state index < -0.39 is 0 Å². The van der Waals surface area contributed by atoms with Gasteiger partial charge >= 0.3 is 0 Å². The molecule has 0 spiro atoms. The minimum absolute atomic E-state index is 0. The fourth-order valence-electron chi connectivity index (χ4n) is 1.08. The number of rotatable bonds is 5. The molecule has 0 radical (unpaired) electrons. The summed E-state index contributed by atoms with van der Waals surface area (Å²) in [4.78, 5) is 0. The topological polar surface area (TPSA) is 39.2 Å². The summed E-state index contributed by atoms with van der Waals surface area (Å²) in [5, 5.41) is 0. The van der Waals surface area contributed by atoms with Crippen LogP contribution in [0.25, 0.3) is 0 Å². The molecule has 70 valence electrons. The molecule has 0 aromatic carbocycles. The number of furan rings is 1. The summed E-state index contributed by atoms with van der Waals surface area (Å²) < 4.78 is 5.18. The molecule has 0 unspecified atom stereocenters. The van der Waals surface area contributed by atoms with E-state index in [1.54, 1.807) is 6.26 Å². The summed E-state index contributed by atoms with van der Waals surface area (Å²) in [6.45, 7) is 0.804. The van der Waals surface area contributed by atoms with Gasteiger partial charge in [-0.3, -0.25) is 0 Å². The van der Waals surface area contributed by atoms with Gasteiger partial charge in [0.25, 0.3) is 0 Å². The molecular formula is C9H16BrNO. The lowest BCUT2D eigenvalue weighted by molar-refractivity contribution is 0.496. The minimum Gasteiger partial charge on any atom is -0.469 e. The van der Waals surface area contributed by atoms with E-state index in [2.05, 4.69) is 0 Å². The van der Waals surface area contributed by atoms with E-state index in [0.717, 1.165) is 25.1 Å². The lowest BCUT2D eigenvalue weighted by Gasteiger charge is -1.95. The Morgan fingerprint density at radius 3 is 2.67 bits per heavy atom. The van der Waals surface area contributed by atoms with Crippen molar-refractivity contribution in [2.24, 2.45) is 5.73 Å². The Balaban J connectivity index is 0.00000121. The Hall–Kier alpha value is -0.280. The van der Waals surface area contributed by atoms with Gasteiger partial charge in [-0.1, -0.05) is 6.42 Å². The fourth-order valence-corrected chi connectivity index (χ4v) is 1.08. The van der Waals surface area contributed by atoms with Crippen molar-refractivity contribution in [1.82, 2.24) is 0 Å². The maximum atomic E-state index is 5.36. The van der Waals surface area contributed by atoms with Gasteiger partial charge in [0, 0.05) is 6.42 Å². The van der Waals surface area contributed by atoms with Crippen LogP contribution in [0.1, 0.15) is 25.0 Å². The van der Waals surface area contributed by atoms with E-state index in [-0.39, 0.29) is 17.0 Å². The smallest absolute Gasteiger partial charge is 0.103 e. The molecule has 0 aliphatic rings. The number of hydrogen-bond acceptors (Lipinski definition) is 2. The molecule has 0 atom stereocenters. The molecule has 1 rings (SSSR count). The Morgan fingerprint density at radius 1 is 1.25 bits per heavy atom. The van der Waals surface area contributed by atoms with Crippen molar-refractivity contribution in [1.29, 1.82) is 0 Å². The number of nitrogens with two attached hydrogens (primary N) is 1. The van der Waals surface area contributed by atoms with E-state index in [1.165, 1.54) is 12.8 Å². The summed E-state index contributed by atoms with van der Waals surface area (Å²) in [5.41, 5.74) is 5.36. The zero-order chi connectivity index (χ0) is 7.94. The van der Waals surface area contributed by atoms with Gasteiger partial charge in [-0.05, 0) is 31.5 Å². The number of halogens is 1. The van der Waals surface area contributed by atoms with Crippen LogP contribution in [-0.2, 0) is 6.42 Å². The van der Waals surface area contributed by atoms with Gasteiger partial charge in [0.05, 0.1) is 6.26 Å². The molecule has 0 aliphatic carbocycles. The second-order valence-corrected chi connectivity index (χ2v) is 2.68. The average molecular weight is 234 g/mol. The first-order chi connectivity index (χ1) is 5.43. The van der Waals surface area contributed by atoms with Crippen LogP contribution < -0.4 is 5.73 Å². The van der Waals surface area contributed by atoms with E-state index in [1.807, 2.05) is 12.1 Å². The van der Waals surface area contributed by atoms with Crippen molar-refractivity contribution >= 4 is 17.0 Å². The van der Waals surface area contributed by atoms with Gasteiger partial charge < -0.3 is 10.2 Å². The highest BCUT2D eigenvalue weighted by atomic mass is 79.9. The summed E-state index contributed by atoms with van der Waals surface area (Å²) in [6.07, 6.45) is 6.29. The van der Waals surface area contributed by atoms with Crippen molar-refractivity contribution in [3.8, 4) is 0 Å². The highest BCUT2D eigenvalue weighted by Gasteiger charge is 1.93. The van der Waals surface area contributed by atoms with Crippen LogP contribution >= 0.6 is 17.0 Å². The third-order valence-electron chi connectivity index (χ3n) is 1.71. The highest BCUT2D eigenvalue weighted by molar-refractivity contribution is 8.93. The van der Waals surface area contributed by atoms with Crippen LogP contribution in [0, 0.1) is 0 Å². The molecule has 0 bridgehead atoms. The standard InChI is InChI=1S/C9H15NO.BrH/c10-7-3-1-2-5-9-6-4-8-11-9;/h4,6,8H,1-3,5,7,10H2;1H. The number of unbranched alkanes of at least 4 members (excludes halogenated alkanes) is 2. The monoisotopic (exact) mass is 233 g/mol. The second-order valence-electron chi connectivity index (χ2n) is 2.68. The van der Waals surface area contributed by atoms with Gasteiger partial charge in [-0.25, -0.2) is 0 Å². The Labute approximate surface area is 83.9 Å². The van der Waals surface area contributed by atoms with Crippen LogP contribution in [-0.4, -0.2) is 6.54 Å². The highest BCUT2D eigenvalue weighted by Crippen LogP contribution is 2.06.